The first-order valence-corrected chi connectivity index (χ1v) is 4.04. The molecule has 68 valence electrons. The van der Waals surface area contributed by atoms with Gasteiger partial charge in [0, 0.05) is 24.2 Å². The van der Waals surface area contributed by atoms with E-state index in [1.807, 2.05) is 13.0 Å². The van der Waals surface area contributed by atoms with Gasteiger partial charge in [-0.25, -0.2) is 15.0 Å². The number of hydrogen-bond acceptors (Lipinski definition) is 4. The van der Waals surface area contributed by atoms with Crippen molar-refractivity contribution in [2.24, 2.45) is 0 Å². The summed E-state index contributed by atoms with van der Waals surface area (Å²) >= 11 is 0. The van der Waals surface area contributed by atoms with Crippen LogP contribution in [0.3, 0.4) is 0 Å². The molecule has 0 saturated heterocycles. The van der Waals surface area contributed by atoms with E-state index in [-0.39, 0.29) is 0 Å². The van der Waals surface area contributed by atoms with Crippen molar-refractivity contribution in [1.82, 2.24) is 19.5 Å². The Balaban J connectivity index is 2.56. The predicted molar refractivity (Wildman–Crippen MR) is 48.6 cm³/mol. The van der Waals surface area contributed by atoms with Crippen molar-refractivity contribution in [3.63, 3.8) is 0 Å². The van der Waals surface area contributed by atoms with Crippen LogP contribution in [-0.2, 0) is 0 Å². The van der Waals surface area contributed by atoms with Crippen LogP contribution < -0.4 is 0 Å². The van der Waals surface area contributed by atoms with E-state index in [9.17, 15) is 0 Å². The van der Waals surface area contributed by atoms with Gasteiger partial charge in [-0.15, -0.1) is 0 Å². The second kappa shape index (κ2) is 3.26. The fourth-order valence-electron chi connectivity index (χ4n) is 1.14. The number of aromatic nitrogens is 4. The number of rotatable bonds is 1. The number of hydrogen-bond donors (Lipinski definition) is 0. The summed E-state index contributed by atoms with van der Waals surface area (Å²) in [5, 5.41) is 8.76. The summed E-state index contributed by atoms with van der Waals surface area (Å²) < 4.78 is 1.62. The molecule has 0 aliphatic carbocycles. The van der Waals surface area contributed by atoms with Crippen LogP contribution in [0.25, 0.3) is 5.82 Å². The lowest BCUT2D eigenvalue weighted by atomic mass is 10.4. The molecule has 0 aromatic carbocycles. The normalized spacial score (nSPS) is 9.71. The molecule has 14 heavy (non-hydrogen) atoms. The van der Waals surface area contributed by atoms with Crippen molar-refractivity contribution < 1.29 is 0 Å². The standard InChI is InChI=1S/C9H7N5/c1-7-4-8(13-6-12-7)14-3-2-11-9(14)5-10/h2-4,6H,1H3. The van der Waals surface area contributed by atoms with Gasteiger partial charge in [0.25, 0.3) is 0 Å². The molecule has 2 aromatic rings. The topological polar surface area (TPSA) is 67.4 Å². The Hall–Kier alpha value is -2.22. The van der Waals surface area contributed by atoms with Crippen molar-refractivity contribution in [3.05, 3.63) is 36.3 Å². The smallest absolute Gasteiger partial charge is 0.218 e. The average Bonchev–Trinajstić information content (AvgIpc) is 2.65. The highest BCUT2D eigenvalue weighted by atomic mass is 15.1. The van der Waals surface area contributed by atoms with E-state index in [2.05, 4.69) is 15.0 Å². The van der Waals surface area contributed by atoms with Crippen LogP contribution in [0.2, 0.25) is 0 Å². The molecule has 0 aliphatic rings. The fraction of sp³-hybridized carbons (Fsp3) is 0.111. The lowest BCUT2D eigenvalue weighted by Crippen LogP contribution is -2.00. The van der Waals surface area contributed by atoms with E-state index < -0.39 is 0 Å². The Morgan fingerprint density at radius 3 is 2.93 bits per heavy atom. The minimum absolute atomic E-state index is 0.322. The van der Waals surface area contributed by atoms with Gasteiger partial charge in [0.05, 0.1) is 0 Å². The zero-order valence-corrected chi connectivity index (χ0v) is 7.55. The highest BCUT2D eigenvalue weighted by Crippen LogP contribution is 2.06. The van der Waals surface area contributed by atoms with Gasteiger partial charge in [0.2, 0.25) is 5.82 Å². The lowest BCUT2D eigenvalue weighted by Gasteiger charge is -2.01. The maximum Gasteiger partial charge on any atom is 0.218 e. The number of imidazole rings is 1. The highest BCUT2D eigenvalue weighted by molar-refractivity contribution is 5.29. The van der Waals surface area contributed by atoms with Gasteiger partial charge in [-0.1, -0.05) is 0 Å². The van der Waals surface area contributed by atoms with Crippen LogP contribution in [0.15, 0.2) is 24.8 Å². The van der Waals surface area contributed by atoms with Gasteiger partial charge >= 0.3 is 0 Å². The van der Waals surface area contributed by atoms with Gasteiger partial charge in [-0.05, 0) is 6.92 Å². The van der Waals surface area contributed by atoms with Crippen molar-refractivity contribution >= 4 is 0 Å². The molecule has 0 spiro atoms. The Bertz CT molecular complexity index is 494. The number of nitriles is 1. The zero-order chi connectivity index (χ0) is 9.97. The molecule has 0 unspecified atom stereocenters. The van der Waals surface area contributed by atoms with E-state index in [1.165, 1.54) is 6.33 Å². The predicted octanol–water partition coefficient (Wildman–Crippen LogP) is 0.842. The second-order valence-corrected chi connectivity index (χ2v) is 2.75. The van der Waals surface area contributed by atoms with Gasteiger partial charge < -0.3 is 0 Å². The molecular weight excluding hydrogens is 178 g/mol. The molecule has 2 rings (SSSR count). The first-order chi connectivity index (χ1) is 6.81. The highest BCUT2D eigenvalue weighted by Gasteiger charge is 2.04. The first kappa shape index (κ1) is 8.38. The number of nitrogens with zero attached hydrogens (tertiary/aromatic N) is 5. The summed E-state index contributed by atoms with van der Waals surface area (Å²) in [4.78, 5) is 11.9. The van der Waals surface area contributed by atoms with E-state index in [1.54, 1.807) is 23.0 Å². The maximum atomic E-state index is 8.76. The summed E-state index contributed by atoms with van der Waals surface area (Å²) in [5.74, 6) is 0.981. The Morgan fingerprint density at radius 2 is 2.21 bits per heavy atom. The van der Waals surface area contributed by atoms with Crippen molar-refractivity contribution in [2.75, 3.05) is 0 Å². The molecule has 2 heterocycles. The van der Waals surface area contributed by atoms with E-state index >= 15 is 0 Å². The third kappa shape index (κ3) is 1.33. The Labute approximate surface area is 80.7 Å². The van der Waals surface area contributed by atoms with Gasteiger partial charge in [-0.3, -0.25) is 4.57 Å². The molecule has 0 amide bonds. The molecule has 5 heteroatoms. The fourth-order valence-corrected chi connectivity index (χ4v) is 1.14. The van der Waals surface area contributed by atoms with Crippen LogP contribution in [0, 0.1) is 18.3 Å². The van der Waals surface area contributed by atoms with E-state index in [0.717, 1.165) is 5.69 Å². The quantitative estimate of drug-likeness (QED) is 0.660. The molecule has 0 aliphatic heterocycles. The van der Waals surface area contributed by atoms with Crippen LogP contribution in [0.4, 0.5) is 0 Å². The third-order valence-electron chi connectivity index (χ3n) is 1.78. The average molecular weight is 185 g/mol. The van der Waals surface area contributed by atoms with E-state index in [4.69, 9.17) is 5.26 Å². The first-order valence-electron chi connectivity index (χ1n) is 4.04. The molecule has 5 nitrogen and oxygen atoms in total. The zero-order valence-electron chi connectivity index (χ0n) is 7.55. The summed E-state index contributed by atoms with van der Waals surface area (Å²) in [5.41, 5.74) is 0.854. The molecule has 0 saturated carbocycles. The Morgan fingerprint density at radius 1 is 1.36 bits per heavy atom. The van der Waals surface area contributed by atoms with Gasteiger partial charge in [0.15, 0.2) is 0 Å². The van der Waals surface area contributed by atoms with Crippen molar-refractivity contribution in [2.45, 2.75) is 6.92 Å². The summed E-state index contributed by atoms with van der Waals surface area (Å²) in [6.07, 6.45) is 4.72. The van der Waals surface area contributed by atoms with E-state index in [0.29, 0.717) is 11.6 Å². The van der Waals surface area contributed by atoms with Crippen LogP contribution in [0.5, 0.6) is 0 Å². The minimum atomic E-state index is 0.322. The summed E-state index contributed by atoms with van der Waals surface area (Å²) in [6, 6.07) is 3.78. The molecule has 0 radical (unpaired) electrons. The monoisotopic (exact) mass is 185 g/mol. The molecule has 2 aromatic heterocycles. The van der Waals surface area contributed by atoms with Crippen molar-refractivity contribution in [1.29, 1.82) is 5.26 Å². The SMILES string of the molecule is Cc1cc(-n2ccnc2C#N)ncn1. The minimum Gasteiger partial charge on any atom is -0.275 e. The summed E-state index contributed by atoms with van der Waals surface area (Å²) in [6.45, 7) is 1.87. The third-order valence-corrected chi connectivity index (χ3v) is 1.78. The molecule has 0 N–H and O–H groups in total. The lowest BCUT2D eigenvalue weighted by molar-refractivity contribution is 0.938. The molecular formula is C9H7N5. The van der Waals surface area contributed by atoms with Crippen LogP contribution in [-0.4, -0.2) is 19.5 Å². The van der Waals surface area contributed by atoms with Crippen LogP contribution >= 0.6 is 0 Å². The summed E-state index contributed by atoms with van der Waals surface area (Å²) in [7, 11) is 0. The van der Waals surface area contributed by atoms with Gasteiger partial charge in [0.1, 0.15) is 18.2 Å². The number of aryl methyl sites for hydroxylation is 1. The van der Waals surface area contributed by atoms with Gasteiger partial charge in [-0.2, -0.15) is 5.26 Å². The van der Waals surface area contributed by atoms with Crippen LogP contribution in [0.1, 0.15) is 11.5 Å². The second-order valence-electron chi connectivity index (χ2n) is 2.75. The Kier molecular flexibility index (Phi) is 1.95. The van der Waals surface area contributed by atoms with Crippen molar-refractivity contribution in [3.8, 4) is 11.9 Å². The molecule has 0 fully saturated rings. The molecule has 0 bridgehead atoms. The maximum absolute atomic E-state index is 8.76. The molecule has 0 atom stereocenters. The largest absolute Gasteiger partial charge is 0.275 e.